The van der Waals surface area contributed by atoms with Crippen molar-refractivity contribution < 1.29 is 4.42 Å². The summed E-state index contributed by atoms with van der Waals surface area (Å²) >= 11 is 12.1. The second-order valence-electron chi connectivity index (χ2n) is 5.58. The van der Waals surface area contributed by atoms with Crippen LogP contribution in [0.3, 0.4) is 0 Å². The molecule has 0 spiro atoms. The minimum atomic E-state index is 0.504. The Morgan fingerprint density at radius 1 is 1.12 bits per heavy atom. The van der Waals surface area contributed by atoms with Crippen LogP contribution in [0.15, 0.2) is 53.3 Å². The van der Waals surface area contributed by atoms with Gasteiger partial charge in [0.2, 0.25) is 5.89 Å². The molecule has 0 atom stereocenters. The molecule has 4 nitrogen and oxygen atoms in total. The van der Waals surface area contributed by atoms with E-state index in [-0.39, 0.29) is 0 Å². The molecule has 24 heavy (non-hydrogen) atoms. The maximum atomic E-state index is 6.19. The molecule has 0 saturated heterocycles. The number of hydrogen-bond acceptors (Lipinski definition) is 4. The molecule has 0 N–H and O–H groups in total. The Balaban J connectivity index is 1.61. The maximum absolute atomic E-state index is 6.19. The summed E-state index contributed by atoms with van der Waals surface area (Å²) < 4.78 is 5.56. The molecular weight excluding hydrogens is 345 g/mol. The van der Waals surface area contributed by atoms with E-state index in [4.69, 9.17) is 27.6 Å². The van der Waals surface area contributed by atoms with Crippen LogP contribution < -0.4 is 0 Å². The number of nitrogens with zero attached hydrogens (tertiary/aromatic N) is 3. The lowest BCUT2D eigenvalue weighted by atomic mass is 10.2. The number of aromatic nitrogens is 2. The molecule has 0 saturated carbocycles. The van der Waals surface area contributed by atoms with Crippen molar-refractivity contribution in [3.05, 3.63) is 70.3 Å². The molecule has 3 rings (SSSR count). The average molecular weight is 362 g/mol. The fraction of sp³-hybridized carbons (Fsp3) is 0.222. The van der Waals surface area contributed by atoms with Crippen molar-refractivity contribution in [1.29, 1.82) is 0 Å². The van der Waals surface area contributed by atoms with Crippen LogP contribution in [0.5, 0.6) is 0 Å². The van der Waals surface area contributed by atoms with Gasteiger partial charge in [-0.15, -0.1) is 0 Å². The van der Waals surface area contributed by atoms with Crippen molar-refractivity contribution >= 4 is 23.2 Å². The van der Waals surface area contributed by atoms with Crippen LogP contribution in [0.2, 0.25) is 10.0 Å². The first-order chi connectivity index (χ1) is 11.6. The van der Waals surface area contributed by atoms with Gasteiger partial charge >= 0.3 is 0 Å². The zero-order chi connectivity index (χ0) is 16.9. The molecule has 2 aromatic heterocycles. The minimum absolute atomic E-state index is 0.504. The zero-order valence-corrected chi connectivity index (χ0v) is 14.8. The Morgan fingerprint density at radius 3 is 2.75 bits per heavy atom. The molecule has 0 aliphatic carbocycles. The highest BCUT2D eigenvalue weighted by Gasteiger charge is 2.12. The molecule has 0 amide bonds. The van der Waals surface area contributed by atoms with E-state index in [2.05, 4.69) is 14.9 Å². The SMILES string of the molecule is CN(CCc1ccccn1)Cc1coc(-c2ccc(Cl)cc2Cl)n1. The first-order valence-electron chi connectivity index (χ1n) is 7.60. The van der Waals surface area contributed by atoms with Gasteiger partial charge in [0.15, 0.2) is 0 Å². The van der Waals surface area contributed by atoms with Crippen LogP contribution in [-0.2, 0) is 13.0 Å². The van der Waals surface area contributed by atoms with Crippen LogP contribution in [0.1, 0.15) is 11.4 Å². The third-order valence-electron chi connectivity index (χ3n) is 3.62. The lowest BCUT2D eigenvalue weighted by molar-refractivity contribution is 0.325. The van der Waals surface area contributed by atoms with Gasteiger partial charge in [-0.1, -0.05) is 29.3 Å². The second-order valence-corrected chi connectivity index (χ2v) is 6.42. The second kappa shape index (κ2) is 7.79. The largest absolute Gasteiger partial charge is 0.444 e. The summed E-state index contributed by atoms with van der Waals surface area (Å²) in [7, 11) is 2.05. The molecule has 0 unspecified atom stereocenters. The smallest absolute Gasteiger partial charge is 0.227 e. The van der Waals surface area contributed by atoms with E-state index in [1.807, 2.05) is 37.5 Å². The molecule has 0 fully saturated rings. The third kappa shape index (κ3) is 4.35. The van der Waals surface area contributed by atoms with E-state index in [1.165, 1.54) is 0 Å². The van der Waals surface area contributed by atoms with Gasteiger partial charge in [0.1, 0.15) is 6.26 Å². The summed E-state index contributed by atoms with van der Waals surface area (Å²) in [4.78, 5) is 11.0. The van der Waals surface area contributed by atoms with E-state index in [0.29, 0.717) is 22.5 Å². The highest BCUT2D eigenvalue weighted by Crippen LogP contribution is 2.29. The monoisotopic (exact) mass is 361 g/mol. The number of likely N-dealkylation sites (N-methyl/N-ethyl adjacent to an activating group) is 1. The Labute approximate surface area is 151 Å². The number of oxazole rings is 1. The average Bonchev–Trinajstić information content (AvgIpc) is 3.02. The van der Waals surface area contributed by atoms with Gasteiger partial charge in [-0.05, 0) is 37.4 Å². The zero-order valence-electron chi connectivity index (χ0n) is 13.2. The van der Waals surface area contributed by atoms with Gasteiger partial charge < -0.3 is 9.32 Å². The molecule has 3 aromatic rings. The fourth-order valence-electron chi connectivity index (χ4n) is 2.37. The molecular formula is C18H17Cl2N3O. The quantitative estimate of drug-likeness (QED) is 0.637. The summed E-state index contributed by atoms with van der Waals surface area (Å²) in [6.07, 6.45) is 4.37. The van der Waals surface area contributed by atoms with Crippen molar-refractivity contribution in [3.63, 3.8) is 0 Å². The normalized spacial score (nSPS) is 11.2. The number of benzene rings is 1. The maximum Gasteiger partial charge on any atom is 0.227 e. The number of rotatable bonds is 6. The summed E-state index contributed by atoms with van der Waals surface area (Å²) in [6, 6.07) is 11.2. The molecule has 124 valence electrons. The third-order valence-corrected chi connectivity index (χ3v) is 4.17. The first kappa shape index (κ1) is 17.0. The van der Waals surface area contributed by atoms with E-state index < -0.39 is 0 Å². The first-order valence-corrected chi connectivity index (χ1v) is 8.35. The lowest BCUT2D eigenvalue weighted by Crippen LogP contribution is -2.21. The highest BCUT2D eigenvalue weighted by molar-refractivity contribution is 6.36. The van der Waals surface area contributed by atoms with Crippen LogP contribution in [0.4, 0.5) is 0 Å². The lowest BCUT2D eigenvalue weighted by Gasteiger charge is -2.14. The topological polar surface area (TPSA) is 42.2 Å². The van der Waals surface area contributed by atoms with Crippen molar-refractivity contribution in [2.75, 3.05) is 13.6 Å². The molecule has 0 aliphatic rings. The molecule has 0 aliphatic heterocycles. The minimum Gasteiger partial charge on any atom is -0.444 e. The molecule has 1 aromatic carbocycles. The predicted octanol–water partition coefficient (Wildman–Crippen LogP) is 4.72. The summed E-state index contributed by atoms with van der Waals surface area (Å²) in [5.41, 5.74) is 2.68. The van der Waals surface area contributed by atoms with Gasteiger partial charge in [-0.3, -0.25) is 4.98 Å². The van der Waals surface area contributed by atoms with Gasteiger partial charge in [-0.25, -0.2) is 4.98 Å². The molecule has 0 radical (unpaired) electrons. The van der Waals surface area contributed by atoms with Crippen molar-refractivity contribution in [3.8, 4) is 11.5 Å². The van der Waals surface area contributed by atoms with Gasteiger partial charge in [0, 0.05) is 36.4 Å². The van der Waals surface area contributed by atoms with Crippen LogP contribution in [0, 0.1) is 0 Å². The number of hydrogen-bond donors (Lipinski definition) is 0. The van der Waals surface area contributed by atoms with E-state index in [9.17, 15) is 0 Å². The van der Waals surface area contributed by atoms with E-state index in [1.54, 1.807) is 18.4 Å². The molecule has 0 bridgehead atoms. The Hall–Kier alpha value is -1.88. The van der Waals surface area contributed by atoms with Crippen LogP contribution in [0.25, 0.3) is 11.5 Å². The Kier molecular flexibility index (Phi) is 5.51. The number of pyridine rings is 1. The fourth-order valence-corrected chi connectivity index (χ4v) is 2.86. The summed E-state index contributed by atoms with van der Waals surface area (Å²) in [6.45, 7) is 1.59. The Morgan fingerprint density at radius 2 is 2.00 bits per heavy atom. The van der Waals surface area contributed by atoms with Gasteiger partial charge in [0.25, 0.3) is 0 Å². The highest BCUT2D eigenvalue weighted by atomic mass is 35.5. The van der Waals surface area contributed by atoms with Crippen molar-refractivity contribution in [2.24, 2.45) is 0 Å². The summed E-state index contributed by atoms with van der Waals surface area (Å²) in [5.74, 6) is 0.504. The van der Waals surface area contributed by atoms with Crippen LogP contribution >= 0.6 is 23.2 Å². The van der Waals surface area contributed by atoms with E-state index >= 15 is 0 Å². The Bertz CT molecular complexity index is 805. The van der Waals surface area contributed by atoms with Crippen molar-refractivity contribution in [2.45, 2.75) is 13.0 Å². The predicted molar refractivity (Wildman–Crippen MR) is 96.2 cm³/mol. The van der Waals surface area contributed by atoms with Crippen LogP contribution in [-0.4, -0.2) is 28.5 Å². The molecule has 2 heterocycles. The van der Waals surface area contributed by atoms with Gasteiger partial charge in [-0.2, -0.15) is 0 Å². The van der Waals surface area contributed by atoms with Gasteiger partial charge in [0.05, 0.1) is 16.3 Å². The standard InChI is InChI=1S/C18H17Cl2N3O/c1-23(9-7-14-4-2-3-8-21-14)11-15-12-24-18(22-15)16-6-5-13(19)10-17(16)20/h2-6,8,10,12H,7,9,11H2,1H3. The number of halogens is 2. The summed E-state index contributed by atoms with van der Waals surface area (Å²) in [5, 5.41) is 1.11. The molecule has 6 heteroatoms. The van der Waals surface area contributed by atoms with E-state index in [0.717, 1.165) is 29.9 Å². The van der Waals surface area contributed by atoms with Crippen molar-refractivity contribution in [1.82, 2.24) is 14.9 Å².